The summed E-state index contributed by atoms with van der Waals surface area (Å²) in [5.41, 5.74) is 1.97. The Kier molecular flexibility index (Phi) is 9.44. The van der Waals surface area contributed by atoms with Gasteiger partial charge in [0.05, 0.1) is 18.2 Å². The van der Waals surface area contributed by atoms with Gasteiger partial charge in [0, 0.05) is 20.8 Å². The molecular formula is C30H25BrClN3O4S2. The number of Topliss-reactive ketones (excluding diaryl/α,β-unsaturated/α-hetero) is 1. The van der Waals surface area contributed by atoms with Crippen LogP contribution in [0.5, 0.6) is 5.75 Å². The summed E-state index contributed by atoms with van der Waals surface area (Å²) in [6.07, 6.45) is 1.95. The number of aromatic nitrogens is 2. The minimum Gasteiger partial charge on any atom is -0.507 e. The van der Waals surface area contributed by atoms with Crippen LogP contribution in [-0.4, -0.2) is 33.6 Å². The van der Waals surface area contributed by atoms with Crippen molar-refractivity contribution >= 4 is 73.2 Å². The van der Waals surface area contributed by atoms with E-state index in [1.165, 1.54) is 28.0 Å². The molecule has 3 aromatic carbocycles. The van der Waals surface area contributed by atoms with Gasteiger partial charge in [0.1, 0.15) is 11.5 Å². The Hall–Kier alpha value is -3.18. The Morgan fingerprint density at radius 3 is 2.61 bits per heavy atom. The van der Waals surface area contributed by atoms with Gasteiger partial charge in [-0.15, -0.1) is 10.2 Å². The fourth-order valence-electron chi connectivity index (χ4n) is 4.33. The summed E-state index contributed by atoms with van der Waals surface area (Å²) in [4.78, 5) is 28.2. The van der Waals surface area contributed by atoms with E-state index in [1.54, 1.807) is 30.3 Å². The first-order valence-electron chi connectivity index (χ1n) is 12.9. The number of benzene rings is 3. The summed E-state index contributed by atoms with van der Waals surface area (Å²) in [5.74, 6) is -0.616. The summed E-state index contributed by atoms with van der Waals surface area (Å²) in [5, 5.41) is 20.8. The van der Waals surface area contributed by atoms with Crippen LogP contribution in [0.4, 0.5) is 5.13 Å². The molecule has 1 N–H and O–H groups in total. The number of aliphatic hydroxyl groups excluding tert-OH is 1. The minimum absolute atomic E-state index is 0.0202. The second-order valence-electron chi connectivity index (χ2n) is 9.18. The van der Waals surface area contributed by atoms with Crippen molar-refractivity contribution in [2.24, 2.45) is 0 Å². The molecule has 1 aliphatic rings. The van der Waals surface area contributed by atoms with Crippen LogP contribution in [-0.2, 0) is 15.3 Å². The first-order valence-corrected chi connectivity index (χ1v) is 15.8. The zero-order valence-corrected chi connectivity index (χ0v) is 25.9. The molecule has 1 atom stereocenters. The van der Waals surface area contributed by atoms with Gasteiger partial charge < -0.3 is 9.84 Å². The van der Waals surface area contributed by atoms with Crippen molar-refractivity contribution in [3.8, 4) is 5.75 Å². The highest BCUT2D eigenvalue weighted by molar-refractivity contribution is 9.10. The minimum atomic E-state index is -0.901. The fourth-order valence-corrected chi connectivity index (χ4v) is 6.90. The average molecular weight is 671 g/mol. The van der Waals surface area contributed by atoms with E-state index in [-0.39, 0.29) is 16.5 Å². The van der Waals surface area contributed by atoms with Gasteiger partial charge in [-0.25, -0.2) is 0 Å². The molecule has 1 unspecified atom stereocenters. The quantitative estimate of drug-likeness (QED) is 0.0456. The number of rotatable bonds is 10. The van der Waals surface area contributed by atoms with E-state index in [9.17, 15) is 14.7 Å². The lowest BCUT2D eigenvalue weighted by Gasteiger charge is -2.22. The SMILES string of the molecule is CCCCOc1ccc(/C(O)=C2\C(=O)C(=O)N(c3nnc(SCc4ccccc4Cl)s3)C2c2cccc(Br)c2)cc1. The summed E-state index contributed by atoms with van der Waals surface area (Å²) < 4.78 is 7.11. The van der Waals surface area contributed by atoms with E-state index in [1.807, 2.05) is 42.5 Å². The number of halogens is 2. The van der Waals surface area contributed by atoms with Gasteiger partial charge in [-0.1, -0.05) is 94.3 Å². The molecular weight excluding hydrogens is 646 g/mol. The van der Waals surface area contributed by atoms with Crippen LogP contribution in [0.15, 0.2) is 87.2 Å². The maximum Gasteiger partial charge on any atom is 0.301 e. The molecule has 0 radical (unpaired) electrons. The number of carbonyl (C=O) groups excluding carboxylic acids is 2. The molecule has 4 aromatic rings. The van der Waals surface area contributed by atoms with Crippen LogP contribution in [0.1, 0.15) is 42.5 Å². The number of thioether (sulfide) groups is 1. The number of hydrogen-bond donors (Lipinski definition) is 1. The van der Waals surface area contributed by atoms with Crippen molar-refractivity contribution < 1.29 is 19.4 Å². The smallest absolute Gasteiger partial charge is 0.301 e. The third-order valence-electron chi connectivity index (χ3n) is 6.41. The molecule has 0 bridgehead atoms. The monoisotopic (exact) mass is 669 g/mol. The Morgan fingerprint density at radius 1 is 1.10 bits per heavy atom. The van der Waals surface area contributed by atoms with Crippen molar-refractivity contribution in [2.45, 2.75) is 35.9 Å². The number of aliphatic hydroxyl groups is 1. The molecule has 0 aliphatic carbocycles. The Morgan fingerprint density at radius 2 is 1.88 bits per heavy atom. The van der Waals surface area contributed by atoms with Gasteiger partial charge in [0.15, 0.2) is 4.34 Å². The summed E-state index contributed by atoms with van der Waals surface area (Å²) >= 11 is 12.4. The molecule has 5 rings (SSSR count). The third kappa shape index (κ3) is 6.51. The van der Waals surface area contributed by atoms with E-state index < -0.39 is 17.7 Å². The predicted octanol–water partition coefficient (Wildman–Crippen LogP) is 8.05. The van der Waals surface area contributed by atoms with Gasteiger partial charge in [0.2, 0.25) is 5.13 Å². The number of amides is 1. The molecule has 1 saturated heterocycles. The lowest BCUT2D eigenvalue weighted by atomic mass is 9.95. The number of hydrogen-bond acceptors (Lipinski definition) is 8. The third-order valence-corrected chi connectivity index (χ3v) is 9.38. The zero-order valence-electron chi connectivity index (χ0n) is 21.9. The zero-order chi connectivity index (χ0) is 28.9. The maximum atomic E-state index is 13.5. The predicted molar refractivity (Wildman–Crippen MR) is 167 cm³/mol. The first kappa shape index (κ1) is 29.3. The number of nitrogens with zero attached hydrogens (tertiary/aromatic N) is 3. The second-order valence-corrected chi connectivity index (χ2v) is 12.7. The number of anilines is 1. The van der Waals surface area contributed by atoms with Gasteiger partial charge >= 0.3 is 5.91 Å². The van der Waals surface area contributed by atoms with Gasteiger partial charge in [-0.3, -0.25) is 14.5 Å². The van der Waals surface area contributed by atoms with Crippen LogP contribution >= 0.6 is 50.6 Å². The van der Waals surface area contributed by atoms with Gasteiger partial charge in [0.25, 0.3) is 5.78 Å². The topological polar surface area (TPSA) is 92.6 Å². The Bertz CT molecular complexity index is 1610. The Labute approximate surface area is 259 Å². The van der Waals surface area contributed by atoms with Crippen molar-refractivity contribution in [3.63, 3.8) is 0 Å². The molecule has 7 nitrogen and oxygen atoms in total. The molecule has 2 heterocycles. The molecule has 41 heavy (non-hydrogen) atoms. The van der Waals surface area contributed by atoms with E-state index in [4.69, 9.17) is 16.3 Å². The van der Waals surface area contributed by atoms with Crippen molar-refractivity contribution in [2.75, 3.05) is 11.5 Å². The number of carbonyl (C=O) groups is 2. The lowest BCUT2D eigenvalue weighted by molar-refractivity contribution is -0.132. The van der Waals surface area contributed by atoms with E-state index in [0.29, 0.717) is 38.6 Å². The van der Waals surface area contributed by atoms with Gasteiger partial charge in [-0.05, 0) is 60.0 Å². The molecule has 11 heteroatoms. The molecule has 1 aliphatic heterocycles. The van der Waals surface area contributed by atoms with Crippen molar-refractivity contribution in [1.82, 2.24) is 10.2 Å². The van der Waals surface area contributed by atoms with Crippen LogP contribution in [0, 0.1) is 0 Å². The van der Waals surface area contributed by atoms with Crippen LogP contribution in [0.3, 0.4) is 0 Å². The lowest BCUT2D eigenvalue weighted by Crippen LogP contribution is -2.29. The molecule has 1 fully saturated rings. The highest BCUT2D eigenvalue weighted by Gasteiger charge is 2.48. The van der Waals surface area contributed by atoms with Crippen molar-refractivity contribution in [3.05, 3.63) is 105 Å². The molecule has 0 saturated carbocycles. The average Bonchev–Trinajstić information content (AvgIpc) is 3.54. The van der Waals surface area contributed by atoms with Crippen molar-refractivity contribution in [1.29, 1.82) is 0 Å². The van der Waals surface area contributed by atoms with E-state index in [0.717, 1.165) is 22.9 Å². The summed E-state index contributed by atoms with van der Waals surface area (Å²) in [6, 6.07) is 20.8. The van der Waals surface area contributed by atoms with E-state index >= 15 is 0 Å². The molecule has 0 spiro atoms. The number of ketones is 1. The normalized spacial score (nSPS) is 16.4. The molecule has 210 valence electrons. The van der Waals surface area contributed by atoms with E-state index in [2.05, 4.69) is 33.1 Å². The highest BCUT2D eigenvalue weighted by atomic mass is 79.9. The van der Waals surface area contributed by atoms with Gasteiger partial charge in [-0.2, -0.15) is 0 Å². The van der Waals surface area contributed by atoms with Crippen LogP contribution < -0.4 is 9.64 Å². The largest absolute Gasteiger partial charge is 0.507 e. The number of unbranched alkanes of at least 4 members (excludes halogenated alkanes) is 1. The number of ether oxygens (including phenoxy) is 1. The summed E-state index contributed by atoms with van der Waals surface area (Å²) in [7, 11) is 0. The first-order chi connectivity index (χ1) is 19.9. The van der Waals surface area contributed by atoms with Crippen LogP contribution in [0.25, 0.3) is 5.76 Å². The standard InChI is InChI=1S/C30H25BrClN3O4S2/c1-2-3-15-39-22-13-11-18(12-14-22)26(36)24-25(19-8-6-9-21(31)16-19)35(28(38)27(24)37)29-33-34-30(41-29)40-17-20-7-4-5-10-23(20)32/h4-14,16,25,36H,2-3,15,17H2,1H3/b26-24+. The highest BCUT2D eigenvalue weighted by Crippen LogP contribution is 2.44. The Balaban J connectivity index is 1.49. The fraction of sp³-hybridized carbons (Fsp3) is 0.200. The maximum absolute atomic E-state index is 13.5. The summed E-state index contributed by atoms with van der Waals surface area (Å²) in [6.45, 7) is 2.68. The molecule has 1 aromatic heterocycles. The second kappa shape index (κ2) is 13.2. The van der Waals surface area contributed by atoms with Crippen LogP contribution in [0.2, 0.25) is 5.02 Å². The molecule has 1 amide bonds.